The molecule has 3 amide bonds. The van der Waals surface area contributed by atoms with Gasteiger partial charge in [0.25, 0.3) is 11.8 Å². The molecule has 0 fully saturated rings. The van der Waals surface area contributed by atoms with Crippen molar-refractivity contribution in [3.05, 3.63) is 154 Å². The third-order valence-electron chi connectivity index (χ3n) is 7.98. The van der Waals surface area contributed by atoms with E-state index in [4.69, 9.17) is 9.47 Å². The summed E-state index contributed by atoms with van der Waals surface area (Å²) in [4.78, 5) is 66.6. The van der Waals surface area contributed by atoms with Crippen molar-refractivity contribution in [1.29, 1.82) is 0 Å². The Hall–Kier alpha value is -6.46. The fourth-order valence-electron chi connectivity index (χ4n) is 5.45. The Kier molecular flexibility index (Phi) is 10.4. The number of methoxy groups -OCH3 is 2. The van der Waals surface area contributed by atoms with E-state index < -0.39 is 11.8 Å². The number of rotatable bonds is 11. The van der Waals surface area contributed by atoms with Crippen molar-refractivity contribution >= 4 is 58.5 Å². The van der Waals surface area contributed by atoms with Crippen molar-refractivity contribution in [2.24, 2.45) is 0 Å². The van der Waals surface area contributed by atoms with Gasteiger partial charge in [-0.1, -0.05) is 54.6 Å². The summed E-state index contributed by atoms with van der Waals surface area (Å²) >= 11 is 1.25. The Morgan fingerprint density at radius 1 is 0.706 bits per heavy atom. The van der Waals surface area contributed by atoms with Crippen molar-refractivity contribution in [1.82, 2.24) is 5.32 Å². The maximum Gasteiger partial charge on any atom is 0.272 e. The molecule has 0 unspecified atom stereocenters. The predicted octanol–water partition coefficient (Wildman–Crippen LogP) is 6.62. The molecular formula is C40H31N3O7S. The predicted molar refractivity (Wildman–Crippen MR) is 196 cm³/mol. The summed E-state index contributed by atoms with van der Waals surface area (Å²) in [6.45, 7) is 0. The normalized spacial score (nSPS) is 11.9. The van der Waals surface area contributed by atoms with Gasteiger partial charge in [-0.15, -0.1) is 11.8 Å². The van der Waals surface area contributed by atoms with Gasteiger partial charge in [-0.25, -0.2) is 0 Å². The summed E-state index contributed by atoms with van der Waals surface area (Å²) in [7, 11) is 3.03. The lowest BCUT2D eigenvalue weighted by Crippen LogP contribution is -2.30. The summed E-state index contributed by atoms with van der Waals surface area (Å²) in [6.07, 6.45) is 1.52. The van der Waals surface area contributed by atoms with Crippen molar-refractivity contribution < 1.29 is 33.4 Å². The summed E-state index contributed by atoms with van der Waals surface area (Å²) < 4.78 is 10.8. The van der Waals surface area contributed by atoms with E-state index in [0.29, 0.717) is 39.4 Å². The number of carbonyl (C=O) groups is 5. The van der Waals surface area contributed by atoms with Gasteiger partial charge < -0.3 is 25.4 Å². The van der Waals surface area contributed by atoms with Gasteiger partial charge in [0.1, 0.15) is 17.2 Å². The summed E-state index contributed by atoms with van der Waals surface area (Å²) in [5, 5.41) is 8.31. The molecule has 3 N–H and O–H groups in total. The van der Waals surface area contributed by atoms with Crippen LogP contribution in [-0.4, -0.2) is 49.3 Å². The Labute approximate surface area is 297 Å². The van der Waals surface area contributed by atoms with E-state index in [1.165, 1.54) is 32.1 Å². The molecule has 5 aromatic carbocycles. The first kappa shape index (κ1) is 34.4. The number of anilines is 2. The molecule has 51 heavy (non-hydrogen) atoms. The van der Waals surface area contributed by atoms with Crippen LogP contribution in [0.3, 0.4) is 0 Å². The Morgan fingerprint density at radius 3 is 2.10 bits per heavy atom. The van der Waals surface area contributed by atoms with Crippen molar-refractivity contribution in [3.8, 4) is 11.5 Å². The van der Waals surface area contributed by atoms with E-state index in [1.807, 2.05) is 0 Å². The summed E-state index contributed by atoms with van der Waals surface area (Å²) in [6, 6.07) is 31.9. The van der Waals surface area contributed by atoms with Crippen molar-refractivity contribution in [2.75, 3.05) is 30.6 Å². The van der Waals surface area contributed by atoms with Crippen LogP contribution >= 0.6 is 11.8 Å². The van der Waals surface area contributed by atoms with Gasteiger partial charge in [-0.2, -0.15) is 0 Å². The van der Waals surface area contributed by atoms with Crippen LogP contribution in [0, 0.1) is 0 Å². The molecule has 5 aromatic rings. The Bertz CT molecular complexity index is 2200. The van der Waals surface area contributed by atoms with Crippen LogP contribution < -0.4 is 25.4 Å². The van der Waals surface area contributed by atoms with Crippen molar-refractivity contribution in [3.63, 3.8) is 0 Å². The minimum absolute atomic E-state index is 0.0192. The molecule has 0 saturated carbocycles. The van der Waals surface area contributed by atoms with Crippen molar-refractivity contribution in [2.45, 2.75) is 4.90 Å². The monoisotopic (exact) mass is 697 g/mol. The number of carbonyl (C=O) groups excluding carboxylic acids is 5. The molecule has 0 atom stereocenters. The molecule has 0 aromatic heterocycles. The molecule has 6 rings (SSSR count). The van der Waals surface area contributed by atoms with Gasteiger partial charge in [0.2, 0.25) is 5.91 Å². The average Bonchev–Trinajstić information content (AvgIpc) is 3.16. The van der Waals surface area contributed by atoms with Crippen LogP contribution in [0.2, 0.25) is 0 Å². The van der Waals surface area contributed by atoms with Crippen LogP contribution in [-0.2, 0) is 9.59 Å². The third-order valence-corrected chi connectivity index (χ3v) is 8.99. The number of benzene rings is 5. The minimum atomic E-state index is -0.571. The molecule has 1 aliphatic carbocycles. The Balaban J connectivity index is 1.12. The average molecular weight is 698 g/mol. The second kappa shape index (κ2) is 15.4. The van der Waals surface area contributed by atoms with Crippen LogP contribution in [0.15, 0.2) is 126 Å². The van der Waals surface area contributed by atoms with Gasteiger partial charge in [-0.05, 0) is 60.7 Å². The first-order valence-corrected chi connectivity index (χ1v) is 16.7. The van der Waals surface area contributed by atoms with E-state index >= 15 is 0 Å². The zero-order valence-electron chi connectivity index (χ0n) is 27.5. The molecule has 0 aliphatic heterocycles. The smallest absolute Gasteiger partial charge is 0.272 e. The molecule has 0 saturated heterocycles. The minimum Gasteiger partial charge on any atom is -0.497 e. The van der Waals surface area contributed by atoms with Gasteiger partial charge in [0.15, 0.2) is 11.6 Å². The SMILES string of the molecule is COc1ccc(/C=C(\NC(=O)c2ccccc2)C(=O)Nc2ccc(SCC(=O)Nc3cccc4c3C(=O)c3ccccc3C4=O)cc2)c(OC)c1. The largest absolute Gasteiger partial charge is 0.497 e. The summed E-state index contributed by atoms with van der Waals surface area (Å²) in [5.74, 6) is -0.947. The van der Waals surface area contributed by atoms with Crippen LogP contribution in [0.5, 0.6) is 11.5 Å². The van der Waals surface area contributed by atoms with Crippen LogP contribution in [0.1, 0.15) is 47.8 Å². The second-order valence-electron chi connectivity index (χ2n) is 11.2. The van der Waals surface area contributed by atoms with Crippen LogP contribution in [0.25, 0.3) is 6.08 Å². The maximum absolute atomic E-state index is 13.5. The number of ketones is 2. The zero-order chi connectivity index (χ0) is 35.9. The first-order chi connectivity index (χ1) is 24.7. The molecule has 0 heterocycles. The molecule has 11 heteroatoms. The molecule has 0 spiro atoms. The Morgan fingerprint density at radius 2 is 1.39 bits per heavy atom. The lowest BCUT2D eigenvalue weighted by Gasteiger charge is -2.20. The number of hydrogen-bond acceptors (Lipinski definition) is 8. The van der Waals surface area contributed by atoms with E-state index in [-0.39, 0.29) is 45.7 Å². The molecule has 10 nitrogen and oxygen atoms in total. The second-order valence-corrected chi connectivity index (χ2v) is 12.3. The summed E-state index contributed by atoms with van der Waals surface area (Å²) in [5.41, 5.74) is 2.71. The van der Waals surface area contributed by atoms with E-state index in [0.717, 1.165) is 4.90 Å². The molecule has 254 valence electrons. The van der Waals surface area contributed by atoms with Gasteiger partial charge >= 0.3 is 0 Å². The lowest BCUT2D eigenvalue weighted by atomic mass is 9.83. The molecule has 0 radical (unpaired) electrons. The highest BCUT2D eigenvalue weighted by atomic mass is 32.2. The van der Waals surface area contributed by atoms with E-state index in [9.17, 15) is 24.0 Å². The highest BCUT2D eigenvalue weighted by Gasteiger charge is 2.31. The fraction of sp³-hybridized carbons (Fsp3) is 0.0750. The molecule has 1 aliphatic rings. The first-order valence-electron chi connectivity index (χ1n) is 15.7. The third kappa shape index (κ3) is 7.74. The highest BCUT2D eigenvalue weighted by Crippen LogP contribution is 2.32. The number of ether oxygens (including phenoxy) is 2. The number of fused-ring (bicyclic) bond motifs is 2. The quantitative estimate of drug-likeness (QED) is 0.101. The van der Waals surface area contributed by atoms with Crippen LogP contribution in [0.4, 0.5) is 11.4 Å². The molecular weight excluding hydrogens is 667 g/mol. The highest BCUT2D eigenvalue weighted by molar-refractivity contribution is 8.00. The topological polar surface area (TPSA) is 140 Å². The number of thioether (sulfide) groups is 1. The standard InChI is InChI=1S/C40H31N3O7S/c1-49-27-18-15-25(34(22-27)50-2)21-33(43-39(47)24-9-4-3-5-10-24)40(48)41-26-16-19-28(20-17-26)51-23-35(44)42-32-14-8-13-31-36(32)38(46)30-12-7-6-11-29(30)37(31)45/h3-22H,23H2,1-2H3,(H,41,48)(H,42,44)(H,43,47)/b33-21-. The zero-order valence-corrected chi connectivity index (χ0v) is 28.3. The number of nitrogens with one attached hydrogen (secondary N) is 3. The fourth-order valence-corrected chi connectivity index (χ4v) is 6.15. The lowest BCUT2D eigenvalue weighted by molar-refractivity contribution is -0.114. The van der Waals surface area contributed by atoms with E-state index in [1.54, 1.807) is 115 Å². The number of hydrogen-bond donors (Lipinski definition) is 3. The number of amides is 3. The van der Waals surface area contributed by atoms with Gasteiger partial charge in [0, 0.05) is 44.5 Å². The van der Waals surface area contributed by atoms with Gasteiger partial charge in [0.05, 0.1) is 31.2 Å². The maximum atomic E-state index is 13.5. The van der Waals surface area contributed by atoms with Gasteiger partial charge in [-0.3, -0.25) is 24.0 Å². The molecule has 0 bridgehead atoms. The van der Waals surface area contributed by atoms with E-state index in [2.05, 4.69) is 16.0 Å².